The lowest BCUT2D eigenvalue weighted by Crippen LogP contribution is -2.17. The van der Waals surface area contributed by atoms with E-state index in [1.807, 2.05) is 25.1 Å². The lowest BCUT2D eigenvalue weighted by atomic mass is 10.1. The van der Waals surface area contributed by atoms with Crippen molar-refractivity contribution in [3.63, 3.8) is 0 Å². The quantitative estimate of drug-likeness (QED) is 0.757. The van der Waals surface area contributed by atoms with Crippen LogP contribution in [0.3, 0.4) is 0 Å². The first-order valence-corrected chi connectivity index (χ1v) is 4.34. The summed E-state index contributed by atoms with van der Waals surface area (Å²) >= 11 is 0. The van der Waals surface area contributed by atoms with Crippen LogP contribution in [0.2, 0.25) is 0 Å². The van der Waals surface area contributed by atoms with Crippen molar-refractivity contribution in [2.75, 3.05) is 0 Å². The standard InChI is InChI=1S/C10H12N2O/c1-7(11)5-8-3-2-4-9-10(8)13-6-12-9/h2-4,6-7H,5,11H2,1H3. The molecule has 1 atom stereocenters. The Balaban J connectivity index is 2.48. The normalized spacial score (nSPS) is 13.4. The summed E-state index contributed by atoms with van der Waals surface area (Å²) in [6, 6.07) is 6.08. The zero-order chi connectivity index (χ0) is 9.26. The zero-order valence-corrected chi connectivity index (χ0v) is 7.53. The van der Waals surface area contributed by atoms with Gasteiger partial charge in [-0.25, -0.2) is 4.98 Å². The SMILES string of the molecule is CC(N)Cc1cccc2ncoc12. The average molecular weight is 176 g/mol. The predicted octanol–water partition coefficient (Wildman–Crippen LogP) is 1.72. The Morgan fingerprint density at radius 2 is 2.38 bits per heavy atom. The van der Waals surface area contributed by atoms with Crippen LogP contribution in [-0.2, 0) is 6.42 Å². The van der Waals surface area contributed by atoms with Crippen LogP contribution < -0.4 is 5.73 Å². The lowest BCUT2D eigenvalue weighted by molar-refractivity contribution is 0.594. The van der Waals surface area contributed by atoms with Gasteiger partial charge in [0.2, 0.25) is 0 Å². The third kappa shape index (κ3) is 1.55. The number of fused-ring (bicyclic) bond motifs is 1. The van der Waals surface area contributed by atoms with Gasteiger partial charge in [-0.2, -0.15) is 0 Å². The zero-order valence-electron chi connectivity index (χ0n) is 7.53. The molecular formula is C10H12N2O. The van der Waals surface area contributed by atoms with E-state index in [9.17, 15) is 0 Å². The van der Waals surface area contributed by atoms with E-state index in [-0.39, 0.29) is 6.04 Å². The number of nitrogens with zero attached hydrogens (tertiary/aromatic N) is 1. The third-order valence-corrected chi connectivity index (χ3v) is 1.98. The average Bonchev–Trinajstić information content (AvgIpc) is 2.51. The summed E-state index contributed by atoms with van der Waals surface area (Å²) in [6.45, 7) is 1.98. The Morgan fingerprint density at radius 3 is 3.15 bits per heavy atom. The molecule has 68 valence electrons. The van der Waals surface area contributed by atoms with Crippen molar-refractivity contribution >= 4 is 11.1 Å². The maximum Gasteiger partial charge on any atom is 0.181 e. The predicted molar refractivity (Wildman–Crippen MR) is 51.4 cm³/mol. The Labute approximate surface area is 76.6 Å². The van der Waals surface area contributed by atoms with Crippen LogP contribution in [0.1, 0.15) is 12.5 Å². The fraction of sp³-hybridized carbons (Fsp3) is 0.300. The van der Waals surface area contributed by atoms with Gasteiger partial charge in [-0.1, -0.05) is 12.1 Å². The molecule has 0 saturated heterocycles. The molecule has 0 aliphatic heterocycles. The largest absolute Gasteiger partial charge is 0.443 e. The molecule has 0 bridgehead atoms. The molecule has 0 amide bonds. The minimum atomic E-state index is 0.149. The third-order valence-electron chi connectivity index (χ3n) is 1.98. The fourth-order valence-corrected chi connectivity index (χ4v) is 1.45. The molecule has 1 aromatic carbocycles. The molecule has 0 fully saturated rings. The molecule has 0 saturated carbocycles. The van der Waals surface area contributed by atoms with Gasteiger partial charge < -0.3 is 10.2 Å². The Hall–Kier alpha value is -1.35. The number of hydrogen-bond acceptors (Lipinski definition) is 3. The van der Waals surface area contributed by atoms with Gasteiger partial charge in [0.25, 0.3) is 0 Å². The first-order chi connectivity index (χ1) is 6.27. The summed E-state index contributed by atoms with van der Waals surface area (Å²) in [6.07, 6.45) is 2.29. The monoisotopic (exact) mass is 176 g/mol. The fourth-order valence-electron chi connectivity index (χ4n) is 1.45. The summed E-state index contributed by atoms with van der Waals surface area (Å²) in [5.41, 5.74) is 8.61. The van der Waals surface area contributed by atoms with Crippen molar-refractivity contribution in [2.45, 2.75) is 19.4 Å². The van der Waals surface area contributed by atoms with Gasteiger partial charge in [-0.3, -0.25) is 0 Å². The molecule has 1 heterocycles. The molecule has 2 aromatic rings. The molecule has 3 heteroatoms. The van der Waals surface area contributed by atoms with Crippen molar-refractivity contribution in [3.05, 3.63) is 30.2 Å². The van der Waals surface area contributed by atoms with Crippen LogP contribution in [0.25, 0.3) is 11.1 Å². The second-order valence-electron chi connectivity index (χ2n) is 3.30. The first kappa shape index (κ1) is 8.26. The minimum absolute atomic E-state index is 0.149. The van der Waals surface area contributed by atoms with Crippen molar-refractivity contribution in [1.82, 2.24) is 4.98 Å². The van der Waals surface area contributed by atoms with Crippen molar-refractivity contribution in [1.29, 1.82) is 0 Å². The van der Waals surface area contributed by atoms with E-state index in [0.29, 0.717) is 0 Å². The molecule has 13 heavy (non-hydrogen) atoms. The van der Waals surface area contributed by atoms with E-state index in [1.54, 1.807) is 0 Å². The highest BCUT2D eigenvalue weighted by molar-refractivity contribution is 5.75. The van der Waals surface area contributed by atoms with E-state index < -0.39 is 0 Å². The van der Waals surface area contributed by atoms with Gasteiger partial charge in [0.15, 0.2) is 12.0 Å². The van der Waals surface area contributed by atoms with Crippen molar-refractivity contribution < 1.29 is 4.42 Å². The highest BCUT2D eigenvalue weighted by atomic mass is 16.3. The number of rotatable bonds is 2. The van der Waals surface area contributed by atoms with Crippen LogP contribution in [0, 0.1) is 0 Å². The molecule has 1 unspecified atom stereocenters. The Kier molecular flexibility index (Phi) is 2.02. The van der Waals surface area contributed by atoms with Gasteiger partial charge in [-0.15, -0.1) is 0 Å². The van der Waals surface area contributed by atoms with Crippen LogP contribution in [0.4, 0.5) is 0 Å². The molecule has 2 N–H and O–H groups in total. The van der Waals surface area contributed by atoms with E-state index in [4.69, 9.17) is 10.2 Å². The summed E-state index contributed by atoms with van der Waals surface area (Å²) in [5, 5.41) is 0. The van der Waals surface area contributed by atoms with Gasteiger partial charge in [0.1, 0.15) is 5.52 Å². The topological polar surface area (TPSA) is 52.0 Å². The summed E-state index contributed by atoms with van der Waals surface area (Å²) in [7, 11) is 0. The van der Waals surface area contributed by atoms with Crippen LogP contribution in [0.5, 0.6) is 0 Å². The Morgan fingerprint density at radius 1 is 1.54 bits per heavy atom. The van der Waals surface area contributed by atoms with Crippen LogP contribution in [-0.4, -0.2) is 11.0 Å². The molecule has 0 aliphatic carbocycles. The second-order valence-corrected chi connectivity index (χ2v) is 3.30. The molecule has 1 aromatic heterocycles. The highest BCUT2D eigenvalue weighted by Gasteiger charge is 2.06. The highest BCUT2D eigenvalue weighted by Crippen LogP contribution is 2.18. The van der Waals surface area contributed by atoms with E-state index in [2.05, 4.69) is 4.98 Å². The number of aromatic nitrogens is 1. The maximum atomic E-state index is 5.72. The van der Waals surface area contributed by atoms with Crippen molar-refractivity contribution in [2.24, 2.45) is 5.73 Å². The van der Waals surface area contributed by atoms with Crippen LogP contribution in [0.15, 0.2) is 29.0 Å². The first-order valence-electron chi connectivity index (χ1n) is 4.34. The number of para-hydroxylation sites is 1. The van der Waals surface area contributed by atoms with Crippen LogP contribution >= 0.6 is 0 Å². The van der Waals surface area contributed by atoms with Gasteiger partial charge >= 0.3 is 0 Å². The molecular weight excluding hydrogens is 164 g/mol. The number of benzene rings is 1. The molecule has 3 nitrogen and oxygen atoms in total. The van der Waals surface area contributed by atoms with E-state index in [0.717, 1.165) is 23.1 Å². The molecule has 0 spiro atoms. The number of hydrogen-bond donors (Lipinski definition) is 1. The van der Waals surface area contributed by atoms with E-state index >= 15 is 0 Å². The lowest BCUT2D eigenvalue weighted by Gasteiger charge is -2.04. The minimum Gasteiger partial charge on any atom is -0.443 e. The summed E-state index contributed by atoms with van der Waals surface area (Å²) in [4.78, 5) is 4.08. The molecule has 0 radical (unpaired) electrons. The number of nitrogens with two attached hydrogens (primary N) is 1. The van der Waals surface area contributed by atoms with E-state index in [1.165, 1.54) is 6.39 Å². The molecule has 2 rings (SSSR count). The summed E-state index contributed by atoms with van der Waals surface area (Å²) in [5.74, 6) is 0. The second kappa shape index (κ2) is 3.18. The number of oxazole rings is 1. The summed E-state index contributed by atoms with van der Waals surface area (Å²) < 4.78 is 5.28. The molecule has 0 aliphatic rings. The maximum absolute atomic E-state index is 5.72. The van der Waals surface area contributed by atoms with Crippen molar-refractivity contribution in [3.8, 4) is 0 Å². The van der Waals surface area contributed by atoms with Gasteiger partial charge in [0, 0.05) is 6.04 Å². The van der Waals surface area contributed by atoms with Gasteiger partial charge in [-0.05, 0) is 25.0 Å². The van der Waals surface area contributed by atoms with Gasteiger partial charge in [0.05, 0.1) is 0 Å². The Bertz CT molecular complexity index is 406. The smallest absolute Gasteiger partial charge is 0.181 e.